The Balaban J connectivity index is 1.25. The second-order valence-electron chi connectivity index (χ2n) is 7.64. The van der Waals surface area contributed by atoms with E-state index in [1.165, 1.54) is 11.1 Å². The molecule has 0 saturated carbocycles. The van der Waals surface area contributed by atoms with Gasteiger partial charge >= 0.3 is 0 Å². The average molecular weight is 413 g/mol. The van der Waals surface area contributed by atoms with E-state index >= 15 is 0 Å². The zero-order valence-corrected chi connectivity index (χ0v) is 17.3. The van der Waals surface area contributed by atoms with Gasteiger partial charge in [-0.15, -0.1) is 0 Å². The van der Waals surface area contributed by atoms with Crippen LogP contribution in [0, 0.1) is 0 Å². The second kappa shape index (κ2) is 8.60. The normalized spacial score (nSPS) is 14.9. The van der Waals surface area contributed by atoms with Crippen LogP contribution in [0.15, 0.2) is 71.5 Å². The van der Waals surface area contributed by atoms with Crippen molar-refractivity contribution in [3.8, 4) is 11.5 Å². The van der Waals surface area contributed by atoms with Crippen LogP contribution in [0.4, 0.5) is 0 Å². The van der Waals surface area contributed by atoms with Crippen molar-refractivity contribution in [1.29, 1.82) is 0 Å². The molecule has 1 unspecified atom stereocenters. The highest BCUT2D eigenvalue weighted by Crippen LogP contribution is 2.42. The van der Waals surface area contributed by atoms with Crippen LogP contribution in [0.1, 0.15) is 46.3 Å². The van der Waals surface area contributed by atoms with Crippen LogP contribution >= 0.6 is 0 Å². The minimum absolute atomic E-state index is 0.0939. The number of fused-ring (bicyclic) bond motifs is 1. The maximum atomic E-state index is 5.83. The van der Waals surface area contributed by atoms with E-state index in [0.29, 0.717) is 24.7 Å². The fraction of sp³-hybridized carbons (Fsp3) is 0.240. The van der Waals surface area contributed by atoms with Gasteiger partial charge in [0, 0.05) is 24.4 Å². The van der Waals surface area contributed by atoms with E-state index in [4.69, 9.17) is 14.0 Å². The van der Waals surface area contributed by atoms with E-state index in [-0.39, 0.29) is 5.92 Å². The molecule has 0 aliphatic heterocycles. The number of hydrogen-bond donors (Lipinski definition) is 0. The molecule has 0 N–H and O–H groups in total. The van der Waals surface area contributed by atoms with Gasteiger partial charge in [0.15, 0.2) is 5.82 Å². The Labute approximate surface area is 180 Å². The van der Waals surface area contributed by atoms with Crippen LogP contribution in [-0.4, -0.2) is 22.2 Å². The summed E-state index contributed by atoms with van der Waals surface area (Å²) in [6.07, 6.45) is 6.10. The number of rotatable bonds is 7. The molecule has 0 bridgehead atoms. The first kappa shape index (κ1) is 19.3. The van der Waals surface area contributed by atoms with Gasteiger partial charge in [-0.05, 0) is 59.9 Å². The lowest BCUT2D eigenvalue weighted by atomic mass is 10.00. The molecule has 2 aromatic carbocycles. The molecular formula is C25H23N3O3. The fourth-order valence-electron chi connectivity index (χ4n) is 4.08. The molecule has 6 heteroatoms. The lowest BCUT2D eigenvalue weighted by molar-refractivity contribution is 0.306. The molecule has 0 amide bonds. The van der Waals surface area contributed by atoms with Crippen molar-refractivity contribution in [3.63, 3.8) is 0 Å². The minimum Gasteiger partial charge on any atom is -0.496 e. The second-order valence-corrected chi connectivity index (χ2v) is 7.64. The highest BCUT2D eigenvalue weighted by atomic mass is 16.5. The van der Waals surface area contributed by atoms with Gasteiger partial charge in [-0.1, -0.05) is 29.4 Å². The Bertz CT molecular complexity index is 1160. The summed E-state index contributed by atoms with van der Waals surface area (Å²) in [4.78, 5) is 8.71. The Morgan fingerprint density at radius 2 is 1.84 bits per heavy atom. The van der Waals surface area contributed by atoms with Crippen molar-refractivity contribution in [2.75, 3.05) is 7.11 Å². The first-order valence-electron chi connectivity index (χ1n) is 10.4. The number of methoxy groups -OCH3 is 1. The summed E-state index contributed by atoms with van der Waals surface area (Å²) in [5.74, 6) is 3.15. The molecule has 0 spiro atoms. The number of hydrogen-bond acceptors (Lipinski definition) is 6. The SMILES string of the molecule is COc1cccc2c1C(c1nc(Cc3ccc(OCc4ccncc4)cc3)no1)CC2. The lowest BCUT2D eigenvalue weighted by Crippen LogP contribution is -2.00. The summed E-state index contributed by atoms with van der Waals surface area (Å²) >= 11 is 0. The predicted molar refractivity (Wildman–Crippen MR) is 115 cm³/mol. The number of aromatic nitrogens is 3. The number of pyridine rings is 1. The quantitative estimate of drug-likeness (QED) is 0.437. The lowest BCUT2D eigenvalue weighted by Gasteiger charge is -2.11. The average Bonchev–Trinajstić information content (AvgIpc) is 3.46. The molecule has 0 saturated heterocycles. The van der Waals surface area contributed by atoms with Crippen LogP contribution in [0.2, 0.25) is 0 Å². The van der Waals surface area contributed by atoms with Crippen LogP contribution in [0.3, 0.4) is 0 Å². The van der Waals surface area contributed by atoms with E-state index in [9.17, 15) is 0 Å². The maximum absolute atomic E-state index is 5.83. The third-order valence-corrected chi connectivity index (χ3v) is 5.65. The smallest absolute Gasteiger partial charge is 0.234 e. The van der Waals surface area contributed by atoms with Crippen molar-refractivity contribution < 1.29 is 14.0 Å². The van der Waals surface area contributed by atoms with Gasteiger partial charge in [0.25, 0.3) is 0 Å². The molecule has 1 aliphatic carbocycles. The molecule has 1 atom stereocenters. The van der Waals surface area contributed by atoms with Crippen molar-refractivity contribution >= 4 is 0 Å². The number of aryl methyl sites for hydroxylation is 1. The molecule has 4 aromatic rings. The molecule has 1 aliphatic rings. The minimum atomic E-state index is 0.0939. The van der Waals surface area contributed by atoms with Gasteiger partial charge in [0.2, 0.25) is 5.89 Å². The molecule has 0 radical (unpaired) electrons. The van der Waals surface area contributed by atoms with Gasteiger partial charge in [0.05, 0.1) is 13.0 Å². The summed E-state index contributed by atoms with van der Waals surface area (Å²) in [6.45, 7) is 0.516. The molecule has 2 aromatic heterocycles. The summed E-state index contributed by atoms with van der Waals surface area (Å²) in [5, 5.41) is 4.22. The molecular weight excluding hydrogens is 390 g/mol. The summed E-state index contributed by atoms with van der Waals surface area (Å²) in [5.41, 5.74) is 4.67. The predicted octanol–water partition coefficient (Wildman–Crippen LogP) is 4.72. The van der Waals surface area contributed by atoms with Crippen LogP contribution in [0.25, 0.3) is 0 Å². The first-order valence-corrected chi connectivity index (χ1v) is 10.4. The Kier molecular flexibility index (Phi) is 5.35. The van der Waals surface area contributed by atoms with Gasteiger partial charge in [-0.25, -0.2) is 0 Å². The number of benzene rings is 2. The van der Waals surface area contributed by atoms with Gasteiger partial charge in [-0.2, -0.15) is 4.98 Å². The monoisotopic (exact) mass is 413 g/mol. The summed E-state index contributed by atoms with van der Waals surface area (Å²) in [6, 6.07) is 18.1. The van der Waals surface area contributed by atoms with Crippen molar-refractivity contribution in [2.24, 2.45) is 0 Å². The molecule has 0 fully saturated rings. The zero-order valence-electron chi connectivity index (χ0n) is 17.3. The molecule has 6 nitrogen and oxygen atoms in total. The Morgan fingerprint density at radius 3 is 2.65 bits per heavy atom. The number of nitrogens with zero attached hydrogens (tertiary/aromatic N) is 3. The third kappa shape index (κ3) is 4.14. The van der Waals surface area contributed by atoms with E-state index in [1.54, 1.807) is 19.5 Å². The van der Waals surface area contributed by atoms with Crippen LogP contribution in [-0.2, 0) is 19.4 Å². The van der Waals surface area contributed by atoms with Crippen molar-refractivity contribution in [3.05, 3.63) is 101 Å². The topological polar surface area (TPSA) is 70.3 Å². The third-order valence-electron chi connectivity index (χ3n) is 5.65. The summed E-state index contributed by atoms with van der Waals surface area (Å²) < 4.78 is 17.0. The first-order chi connectivity index (χ1) is 15.3. The molecule has 31 heavy (non-hydrogen) atoms. The van der Waals surface area contributed by atoms with Gasteiger partial charge < -0.3 is 14.0 Å². The Hall–Kier alpha value is -3.67. The molecule has 5 rings (SSSR count). The van der Waals surface area contributed by atoms with Crippen LogP contribution < -0.4 is 9.47 Å². The molecule has 156 valence electrons. The number of ether oxygens (including phenoxy) is 2. The Morgan fingerprint density at radius 1 is 1.00 bits per heavy atom. The van der Waals surface area contributed by atoms with Crippen molar-refractivity contribution in [2.45, 2.75) is 31.8 Å². The van der Waals surface area contributed by atoms with E-state index < -0.39 is 0 Å². The van der Waals surface area contributed by atoms with Gasteiger partial charge in [0.1, 0.15) is 18.1 Å². The zero-order chi connectivity index (χ0) is 21.0. The van der Waals surface area contributed by atoms with E-state index in [2.05, 4.69) is 21.2 Å². The molecule has 2 heterocycles. The van der Waals surface area contributed by atoms with Crippen LogP contribution in [0.5, 0.6) is 11.5 Å². The summed E-state index contributed by atoms with van der Waals surface area (Å²) in [7, 11) is 1.70. The largest absolute Gasteiger partial charge is 0.496 e. The van der Waals surface area contributed by atoms with E-state index in [1.807, 2.05) is 48.5 Å². The maximum Gasteiger partial charge on any atom is 0.234 e. The van der Waals surface area contributed by atoms with E-state index in [0.717, 1.165) is 35.5 Å². The van der Waals surface area contributed by atoms with Crippen molar-refractivity contribution in [1.82, 2.24) is 15.1 Å². The van der Waals surface area contributed by atoms with Gasteiger partial charge in [-0.3, -0.25) is 4.98 Å². The highest BCUT2D eigenvalue weighted by Gasteiger charge is 2.31. The standard InChI is InChI=1S/C25H23N3O3/c1-29-22-4-2-3-19-7-10-21(24(19)22)25-27-23(28-31-25)15-17-5-8-20(9-6-17)30-16-18-11-13-26-14-12-18/h2-6,8-9,11-14,21H,7,10,15-16H2,1H3. The fourth-order valence-corrected chi connectivity index (χ4v) is 4.08. The highest BCUT2D eigenvalue weighted by molar-refractivity contribution is 5.48.